The standard InChI is InChI=1S/C16H10BrCl2F3N2O/c17-12-3-8(1-2-13(12)23)14-7-15(25-24-14,16(20,21)22)9-4-10(18)6-11(19)5-9/h1-7,24H,23H2. The number of hydroxylamine groups is 1. The Balaban J connectivity index is 2.15. The Morgan fingerprint density at radius 2 is 1.72 bits per heavy atom. The van der Waals surface area contributed by atoms with Gasteiger partial charge in [0.2, 0.25) is 5.60 Å². The van der Waals surface area contributed by atoms with Crippen LogP contribution in [0.25, 0.3) is 5.70 Å². The fourth-order valence-corrected chi connectivity index (χ4v) is 3.35. The molecule has 0 saturated heterocycles. The molecule has 0 aliphatic carbocycles. The summed E-state index contributed by atoms with van der Waals surface area (Å²) in [5.74, 6) is 0. The van der Waals surface area contributed by atoms with Crippen LogP contribution >= 0.6 is 39.1 Å². The smallest absolute Gasteiger partial charge is 0.398 e. The van der Waals surface area contributed by atoms with Crippen molar-refractivity contribution in [3.8, 4) is 0 Å². The van der Waals surface area contributed by atoms with E-state index < -0.39 is 11.8 Å². The lowest BCUT2D eigenvalue weighted by Gasteiger charge is -2.28. The molecule has 1 unspecified atom stereocenters. The van der Waals surface area contributed by atoms with Gasteiger partial charge in [0.05, 0.1) is 5.70 Å². The third kappa shape index (κ3) is 3.33. The van der Waals surface area contributed by atoms with Crippen molar-refractivity contribution in [1.29, 1.82) is 0 Å². The summed E-state index contributed by atoms with van der Waals surface area (Å²) in [6, 6.07) is 8.43. The Bertz CT molecular complexity index is 853. The molecule has 0 spiro atoms. The van der Waals surface area contributed by atoms with E-state index in [1.807, 2.05) is 0 Å². The fourth-order valence-electron chi connectivity index (χ4n) is 2.45. The first-order valence-electron chi connectivity index (χ1n) is 6.88. The molecular formula is C16H10BrCl2F3N2O. The molecule has 3 nitrogen and oxygen atoms in total. The predicted molar refractivity (Wildman–Crippen MR) is 94.9 cm³/mol. The number of benzene rings is 2. The maximum Gasteiger partial charge on any atom is 0.428 e. The number of anilines is 1. The lowest BCUT2D eigenvalue weighted by atomic mass is 9.91. The topological polar surface area (TPSA) is 47.3 Å². The molecule has 0 radical (unpaired) electrons. The Kier molecular flexibility index (Phi) is 4.70. The van der Waals surface area contributed by atoms with Gasteiger partial charge in [-0.05, 0) is 52.3 Å². The van der Waals surface area contributed by atoms with E-state index in [0.717, 1.165) is 6.08 Å². The Hall–Kier alpha value is -1.41. The highest BCUT2D eigenvalue weighted by Gasteiger charge is 2.59. The number of nitrogens with two attached hydrogens (primary N) is 1. The largest absolute Gasteiger partial charge is 0.428 e. The maximum absolute atomic E-state index is 13.9. The molecule has 0 aromatic heterocycles. The summed E-state index contributed by atoms with van der Waals surface area (Å²) in [5, 5.41) is 0.151. The van der Waals surface area contributed by atoms with Crippen molar-refractivity contribution in [2.75, 3.05) is 5.73 Å². The summed E-state index contributed by atoms with van der Waals surface area (Å²) in [6.45, 7) is 0. The van der Waals surface area contributed by atoms with Crippen molar-refractivity contribution >= 4 is 50.5 Å². The number of alkyl halides is 3. The van der Waals surface area contributed by atoms with Gasteiger partial charge in [-0.15, -0.1) is 0 Å². The number of nitrogens with one attached hydrogen (secondary N) is 1. The molecule has 1 atom stereocenters. The van der Waals surface area contributed by atoms with Gasteiger partial charge in [-0.3, -0.25) is 10.3 Å². The van der Waals surface area contributed by atoms with Gasteiger partial charge in [0.1, 0.15) is 0 Å². The van der Waals surface area contributed by atoms with Crippen LogP contribution in [0.2, 0.25) is 10.0 Å². The van der Waals surface area contributed by atoms with E-state index in [4.69, 9.17) is 33.8 Å². The van der Waals surface area contributed by atoms with Gasteiger partial charge in [0, 0.05) is 31.3 Å². The normalized spacial score (nSPS) is 20.3. The van der Waals surface area contributed by atoms with Gasteiger partial charge in [0.15, 0.2) is 0 Å². The van der Waals surface area contributed by atoms with Crippen LogP contribution in [0.1, 0.15) is 11.1 Å². The average Bonchev–Trinajstić information content (AvgIpc) is 2.95. The summed E-state index contributed by atoms with van der Waals surface area (Å²) < 4.78 is 42.2. The van der Waals surface area contributed by atoms with Crippen molar-refractivity contribution in [1.82, 2.24) is 5.48 Å². The number of nitrogen functional groups attached to an aromatic ring is 1. The highest BCUT2D eigenvalue weighted by Crippen LogP contribution is 2.48. The molecule has 132 valence electrons. The Labute approximate surface area is 159 Å². The average molecular weight is 454 g/mol. The molecular weight excluding hydrogens is 444 g/mol. The molecule has 25 heavy (non-hydrogen) atoms. The predicted octanol–water partition coefficient (Wildman–Crippen LogP) is 5.67. The molecule has 3 N–H and O–H groups in total. The lowest BCUT2D eigenvalue weighted by molar-refractivity contribution is -0.269. The number of hydrogen-bond donors (Lipinski definition) is 2. The van der Waals surface area contributed by atoms with Crippen LogP contribution in [0, 0.1) is 0 Å². The Morgan fingerprint density at radius 3 is 2.28 bits per heavy atom. The van der Waals surface area contributed by atoms with Gasteiger partial charge < -0.3 is 5.73 Å². The van der Waals surface area contributed by atoms with Crippen molar-refractivity contribution in [3.63, 3.8) is 0 Å². The van der Waals surface area contributed by atoms with E-state index >= 15 is 0 Å². The first-order valence-corrected chi connectivity index (χ1v) is 8.43. The third-order valence-corrected chi connectivity index (χ3v) is 4.82. The van der Waals surface area contributed by atoms with Crippen LogP contribution in [-0.4, -0.2) is 6.18 Å². The molecule has 1 aliphatic rings. The van der Waals surface area contributed by atoms with E-state index in [2.05, 4.69) is 21.4 Å². The van der Waals surface area contributed by atoms with Crippen molar-refractivity contribution < 1.29 is 18.0 Å². The van der Waals surface area contributed by atoms with Crippen LogP contribution in [-0.2, 0) is 10.4 Å². The van der Waals surface area contributed by atoms with Crippen LogP contribution in [0.4, 0.5) is 18.9 Å². The van der Waals surface area contributed by atoms with Crippen LogP contribution < -0.4 is 11.2 Å². The molecule has 9 heteroatoms. The molecule has 3 rings (SSSR count). The van der Waals surface area contributed by atoms with Gasteiger partial charge >= 0.3 is 6.18 Å². The molecule has 1 aliphatic heterocycles. The second-order valence-corrected chi connectivity index (χ2v) is 7.12. The maximum atomic E-state index is 13.9. The first kappa shape index (κ1) is 18.4. The SMILES string of the molecule is Nc1ccc(C2=CC(c3cc(Cl)cc(Cl)c3)(C(F)(F)F)ON2)cc1Br. The monoisotopic (exact) mass is 452 g/mol. The van der Waals surface area contributed by atoms with Gasteiger partial charge in [-0.1, -0.05) is 29.3 Å². The molecule has 0 bridgehead atoms. The molecule has 2 aromatic rings. The fraction of sp³-hybridized carbons (Fsp3) is 0.125. The zero-order valence-electron chi connectivity index (χ0n) is 12.3. The summed E-state index contributed by atoms with van der Waals surface area (Å²) in [5.41, 5.74) is 6.19. The van der Waals surface area contributed by atoms with Gasteiger partial charge in [-0.25, -0.2) is 0 Å². The molecule has 1 heterocycles. The first-order chi connectivity index (χ1) is 11.6. The number of halogens is 6. The van der Waals surface area contributed by atoms with E-state index in [-0.39, 0.29) is 21.3 Å². The quantitative estimate of drug-likeness (QED) is 0.575. The molecule has 0 saturated carbocycles. The summed E-state index contributed by atoms with van der Waals surface area (Å²) in [4.78, 5) is 5.01. The minimum Gasteiger partial charge on any atom is -0.398 e. The van der Waals surface area contributed by atoms with Crippen molar-refractivity contribution in [3.05, 3.63) is 68.1 Å². The molecule has 2 aromatic carbocycles. The second-order valence-electron chi connectivity index (χ2n) is 5.39. The summed E-state index contributed by atoms with van der Waals surface area (Å²) >= 11 is 15.0. The van der Waals surface area contributed by atoms with Gasteiger partial charge in [-0.2, -0.15) is 13.2 Å². The summed E-state index contributed by atoms with van der Waals surface area (Å²) in [7, 11) is 0. The molecule has 0 amide bonds. The van der Waals surface area contributed by atoms with Crippen molar-refractivity contribution in [2.45, 2.75) is 11.8 Å². The van der Waals surface area contributed by atoms with Crippen LogP contribution in [0.3, 0.4) is 0 Å². The van der Waals surface area contributed by atoms with E-state index in [0.29, 0.717) is 15.7 Å². The Morgan fingerprint density at radius 1 is 1.08 bits per heavy atom. The highest BCUT2D eigenvalue weighted by atomic mass is 79.9. The zero-order valence-corrected chi connectivity index (χ0v) is 15.4. The molecule has 0 fully saturated rings. The second kappa shape index (κ2) is 6.39. The van der Waals surface area contributed by atoms with E-state index in [1.54, 1.807) is 18.2 Å². The minimum absolute atomic E-state index is 0.0757. The van der Waals surface area contributed by atoms with Crippen molar-refractivity contribution in [2.24, 2.45) is 0 Å². The van der Waals surface area contributed by atoms with Crippen LogP contribution in [0.15, 0.2) is 46.9 Å². The lowest BCUT2D eigenvalue weighted by Crippen LogP contribution is -2.42. The van der Waals surface area contributed by atoms with E-state index in [9.17, 15) is 13.2 Å². The highest BCUT2D eigenvalue weighted by molar-refractivity contribution is 9.10. The summed E-state index contributed by atoms with van der Waals surface area (Å²) in [6.07, 6.45) is -3.80. The minimum atomic E-state index is -4.75. The van der Waals surface area contributed by atoms with E-state index in [1.165, 1.54) is 18.2 Å². The van der Waals surface area contributed by atoms with Gasteiger partial charge in [0.25, 0.3) is 0 Å². The third-order valence-electron chi connectivity index (χ3n) is 3.69. The van der Waals surface area contributed by atoms with Crippen LogP contribution in [0.5, 0.6) is 0 Å². The zero-order chi connectivity index (χ0) is 18.4. The number of hydrogen-bond acceptors (Lipinski definition) is 3. The number of rotatable bonds is 2.